The van der Waals surface area contributed by atoms with Crippen molar-refractivity contribution < 1.29 is 24.2 Å². The number of carboxylic acid groups (broad SMARTS) is 1. The SMILES string of the molecule is CCc1c(C)c(C(=O)C(N)=O)c2c(OCC(=O)O)cccn12. The van der Waals surface area contributed by atoms with Crippen LogP contribution in [0.1, 0.15) is 28.5 Å². The van der Waals surface area contributed by atoms with Crippen molar-refractivity contribution >= 4 is 23.2 Å². The Bertz CT molecular complexity index is 776. The average Bonchev–Trinajstić information content (AvgIpc) is 2.75. The summed E-state index contributed by atoms with van der Waals surface area (Å²) in [6.07, 6.45) is 2.36. The molecule has 0 aromatic carbocycles. The molecule has 7 nitrogen and oxygen atoms in total. The fraction of sp³-hybridized carbons (Fsp3) is 0.267. The number of ether oxygens (including phenoxy) is 1. The number of rotatable bonds is 6. The summed E-state index contributed by atoms with van der Waals surface area (Å²) in [5.74, 6) is -2.80. The first-order chi connectivity index (χ1) is 10.4. The summed E-state index contributed by atoms with van der Waals surface area (Å²) in [5.41, 5.74) is 7.11. The van der Waals surface area contributed by atoms with E-state index >= 15 is 0 Å². The summed E-state index contributed by atoms with van der Waals surface area (Å²) in [4.78, 5) is 34.1. The molecule has 2 rings (SSSR count). The Labute approximate surface area is 126 Å². The van der Waals surface area contributed by atoms with Gasteiger partial charge in [0.1, 0.15) is 5.75 Å². The van der Waals surface area contributed by atoms with Crippen LogP contribution in [0.25, 0.3) is 5.52 Å². The second-order valence-corrected chi connectivity index (χ2v) is 4.77. The van der Waals surface area contributed by atoms with Crippen LogP contribution in [-0.2, 0) is 16.0 Å². The molecule has 3 N–H and O–H groups in total. The lowest BCUT2D eigenvalue weighted by molar-refractivity contribution is -0.139. The molecule has 0 saturated carbocycles. The maximum absolute atomic E-state index is 12.1. The van der Waals surface area contributed by atoms with Crippen LogP contribution in [0.3, 0.4) is 0 Å². The van der Waals surface area contributed by atoms with Gasteiger partial charge in [-0.25, -0.2) is 4.79 Å². The maximum atomic E-state index is 12.1. The normalized spacial score (nSPS) is 10.6. The molecule has 0 unspecified atom stereocenters. The zero-order valence-electron chi connectivity index (χ0n) is 12.3. The second kappa shape index (κ2) is 5.88. The minimum Gasteiger partial charge on any atom is -0.480 e. The molecule has 2 aromatic rings. The van der Waals surface area contributed by atoms with Crippen LogP contribution in [0.2, 0.25) is 0 Å². The monoisotopic (exact) mass is 304 g/mol. The van der Waals surface area contributed by atoms with E-state index in [0.29, 0.717) is 17.5 Å². The Morgan fingerprint density at radius 1 is 1.36 bits per heavy atom. The molecule has 0 bridgehead atoms. The van der Waals surface area contributed by atoms with Gasteiger partial charge in [0.05, 0.1) is 11.1 Å². The van der Waals surface area contributed by atoms with Crippen LogP contribution in [0.4, 0.5) is 0 Å². The summed E-state index contributed by atoms with van der Waals surface area (Å²) in [6, 6.07) is 3.23. The Morgan fingerprint density at radius 3 is 2.59 bits per heavy atom. The van der Waals surface area contributed by atoms with Crippen molar-refractivity contribution in [1.29, 1.82) is 0 Å². The molecule has 2 aromatic heterocycles. The number of nitrogens with two attached hydrogens (primary N) is 1. The van der Waals surface area contributed by atoms with Crippen LogP contribution >= 0.6 is 0 Å². The number of pyridine rings is 1. The number of aliphatic carboxylic acids is 1. The smallest absolute Gasteiger partial charge is 0.341 e. The summed E-state index contributed by atoms with van der Waals surface area (Å²) >= 11 is 0. The topological polar surface area (TPSA) is 111 Å². The predicted octanol–water partition coefficient (Wildman–Crippen LogP) is 0.942. The van der Waals surface area contributed by atoms with Crippen molar-refractivity contribution in [2.24, 2.45) is 5.73 Å². The van der Waals surface area contributed by atoms with Gasteiger partial charge in [-0.3, -0.25) is 9.59 Å². The van der Waals surface area contributed by atoms with E-state index in [1.165, 1.54) is 0 Å². The highest BCUT2D eigenvalue weighted by molar-refractivity contribution is 6.44. The van der Waals surface area contributed by atoms with Crippen LogP contribution in [0.15, 0.2) is 18.3 Å². The van der Waals surface area contributed by atoms with Gasteiger partial charge in [-0.1, -0.05) is 6.92 Å². The molecule has 7 heteroatoms. The number of ketones is 1. The number of hydrogen-bond acceptors (Lipinski definition) is 4. The zero-order chi connectivity index (χ0) is 16.4. The quantitative estimate of drug-likeness (QED) is 0.609. The molecule has 22 heavy (non-hydrogen) atoms. The number of carbonyl (C=O) groups is 3. The standard InChI is InChI=1S/C15H16N2O5/c1-3-9-8(2)12(14(20)15(16)21)13-10(22-7-11(18)19)5-4-6-17(9)13/h4-6H,3,7H2,1-2H3,(H2,16,21)(H,18,19). The molecule has 1 amide bonds. The van der Waals surface area contributed by atoms with Gasteiger partial charge in [-0.05, 0) is 31.0 Å². The van der Waals surface area contributed by atoms with Crippen molar-refractivity contribution in [2.75, 3.05) is 6.61 Å². The number of aromatic nitrogens is 1. The number of primary amides is 1. The average molecular weight is 304 g/mol. The van der Waals surface area contributed by atoms with Gasteiger partial charge in [-0.2, -0.15) is 0 Å². The summed E-state index contributed by atoms with van der Waals surface area (Å²) in [6.45, 7) is 3.09. The summed E-state index contributed by atoms with van der Waals surface area (Å²) in [5, 5.41) is 8.75. The third kappa shape index (κ3) is 2.52. The molecule has 0 saturated heterocycles. The molecule has 2 heterocycles. The Balaban J connectivity index is 2.75. The minimum atomic E-state index is -1.14. The number of Topliss-reactive ketones (excluding diaryl/α,β-unsaturated/α-hetero) is 1. The summed E-state index contributed by atoms with van der Waals surface area (Å²) in [7, 11) is 0. The predicted molar refractivity (Wildman–Crippen MR) is 78.2 cm³/mol. The van der Waals surface area contributed by atoms with Gasteiger partial charge in [0.15, 0.2) is 6.61 Å². The molecule has 0 spiro atoms. The van der Waals surface area contributed by atoms with Crippen molar-refractivity contribution in [3.63, 3.8) is 0 Å². The van der Waals surface area contributed by atoms with E-state index in [1.54, 1.807) is 29.7 Å². The number of carboxylic acids is 1. The van der Waals surface area contributed by atoms with Crippen molar-refractivity contribution in [1.82, 2.24) is 4.40 Å². The lowest BCUT2D eigenvalue weighted by Crippen LogP contribution is -2.23. The van der Waals surface area contributed by atoms with Crippen LogP contribution in [0.5, 0.6) is 5.75 Å². The van der Waals surface area contributed by atoms with Gasteiger partial charge in [0.25, 0.3) is 11.7 Å². The fourth-order valence-corrected chi connectivity index (χ4v) is 2.55. The van der Waals surface area contributed by atoms with E-state index in [0.717, 1.165) is 5.69 Å². The first-order valence-electron chi connectivity index (χ1n) is 6.69. The molecule has 0 aliphatic heterocycles. The molecular formula is C15H16N2O5. The molecule has 0 aliphatic rings. The van der Waals surface area contributed by atoms with E-state index in [-0.39, 0.29) is 11.3 Å². The number of amides is 1. The first-order valence-corrected chi connectivity index (χ1v) is 6.69. The van der Waals surface area contributed by atoms with Crippen LogP contribution < -0.4 is 10.5 Å². The summed E-state index contributed by atoms with van der Waals surface area (Å²) < 4.78 is 6.96. The Morgan fingerprint density at radius 2 is 2.05 bits per heavy atom. The van der Waals surface area contributed by atoms with Crippen LogP contribution in [-0.4, -0.2) is 33.8 Å². The second-order valence-electron chi connectivity index (χ2n) is 4.77. The largest absolute Gasteiger partial charge is 0.480 e. The van der Waals surface area contributed by atoms with E-state index in [9.17, 15) is 14.4 Å². The van der Waals surface area contributed by atoms with E-state index in [2.05, 4.69) is 0 Å². The Kier molecular flexibility index (Phi) is 4.16. The minimum absolute atomic E-state index is 0.158. The highest BCUT2D eigenvalue weighted by atomic mass is 16.5. The number of carbonyl (C=O) groups excluding carboxylic acids is 2. The maximum Gasteiger partial charge on any atom is 0.341 e. The van der Waals surface area contributed by atoms with Gasteiger partial charge >= 0.3 is 5.97 Å². The molecule has 0 radical (unpaired) electrons. The highest BCUT2D eigenvalue weighted by Crippen LogP contribution is 2.31. The molecular weight excluding hydrogens is 288 g/mol. The lowest BCUT2D eigenvalue weighted by Gasteiger charge is -2.08. The Hall–Kier alpha value is -2.83. The molecule has 0 atom stereocenters. The van der Waals surface area contributed by atoms with Gasteiger partial charge < -0.3 is 20.0 Å². The number of aryl methyl sites for hydroxylation is 1. The fourth-order valence-electron chi connectivity index (χ4n) is 2.55. The lowest BCUT2D eigenvalue weighted by atomic mass is 10.0. The zero-order valence-corrected chi connectivity index (χ0v) is 12.3. The highest BCUT2D eigenvalue weighted by Gasteiger charge is 2.25. The van der Waals surface area contributed by atoms with Gasteiger partial charge in [0, 0.05) is 11.9 Å². The van der Waals surface area contributed by atoms with Crippen molar-refractivity contribution in [2.45, 2.75) is 20.3 Å². The number of hydrogen-bond donors (Lipinski definition) is 2. The molecule has 0 fully saturated rings. The van der Waals surface area contributed by atoms with Crippen molar-refractivity contribution in [3.05, 3.63) is 35.2 Å². The third-order valence-corrected chi connectivity index (χ3v) is 3.43. The third-order valence-electron chi connectivity index (χ3n) is 3.43. The number of fused-ring (bicyclic) bond motifs is 1. The molecule has 116 valence electrons. The van der Waals surface area contributed by atoms with Crippen molar-refractivity contribution in [3.8, 4) is 5.75 Å². The molecule has 0 aliphatic carbocycles. The van der Waals surface area contributed by atoms with Gasteiger partial charge in [0.2, 0.25) is 0 Å². The van der Waals surface area contributed by atoms with E-state index in [1.807, 2.05) is 6.92 Å². The first kappa shape index (κ1) is 15.6. The van der Waals surface area contributed by atoms with E-state index in [4.69, 9.17) is 15.6 Å². The van der Waals surface area contributed by atoms with Gasteiger partial charge in [-0.15, -0.1) is 0 Å². The number of nitrogens with zero attached hydrogens (tertiary/aromatic N) is 1. The van der Waals surface area contributed by atoms with E-state index < -0.39 is 24.3 Å². The van der Waals surface area contributed by atoms with Crippen LogP contribution in [0, 0.1) is 6.92 Å².